The summed E-state index contributed by atoms with van der Waals surface area (Å²) in [5, 5.41) is 14.2. The van der Waals surface area contributed by atoms with Gasteiger partial charge < -0.3 is 25.2 Å². The van der Waals surface area contributed by atoms with E-state index >= 15 is 0 Å². The minimum absolute atomic E-state index is 0.0434. The highest BCUT2D eigenvalue weighted by Gasteiger charge is 2.27. The highest BCUT2D eigenvalue weighted by Crippen LogP contribution is 2.21. The van der Waals surface area contributed by atoms with Gasteiger partial charge in [-0.1, -0.05) is 0 Å². The third kappa shape index (κ3) is 5.44. The first-order valence-electron chi connectivity index (χ1n) is 6.38. The van der Waals surface area contributed by atoms with Crippen LogP contribution in [0.3, 0.4) is 0 Å². The van der Waals surface area contributed by atoms with Gasteiger partial charge in [-0.2, -0.15) is 0 Å². The lowest BCUT2D eigenvalue weighted by Crippen LogP contribution is -2.49. The summed E-state index contributed by atoms with van der Waals surface area (Å²) in [5.41, 5.74) is 0. The molecule has 0 aromatic rings. The van der Waals surface area contributed by atoms with Gasteiger partial charge in [0.15, 0.2) is 0 Å². The maximum Gasteiger partial charge on any atom is 0.326 e. The number of carboxylic acids is 1. The number of ether oxygens (including phenoxy) is 2. The van der Waals surface area contributed by atoms with Gasteiger partial charge in [0.2, 0.25) is 0 Å². The van der Waals surface area contributed by atoms with Gasteiger partial charge in [-0.25, -0.2) is 9.59 Å². The van der Waals surface area contributed by atoms with E-state index in [0.29, 0.717) is 0 Å². The van der Waals surface area contributed by atoms with Crippen LogP contribution in [0.2, 0.25) is 0 Å². The number of aliphatic carboxylic acids is 1. The summed E-state index contributed by atoms with van der Waals surface area (Å²) in [6.07, 6.45) is 2.94. The summed E-state index contributed by atoms with van der Waals surface area (Å²) < 4.78 is 10.0. The molecule has 1 aliphatic carbocycles. The summed E-state index contributed by atoms with van der Waals surface area (Å²) in [4.78, 5) is 22.7. The van der Waals surface area contributed by atoms with Gasteiger partial charge in [0.05, 0.1) is 6.10 Å². The first kappa shape index (κ1) is 15.7. The molecule has 0 aromatic carbocycles. The number of carbonyl (C=O) groups is 2. The SMILES string of the molecule is COCCC(NC(=O)NC1CCC(OC)C1)C(=O)O. The zero-order valence-electron chi connectivity index (χ0n) is 11.3. The molecule has 110 valence electrons. The maximum atomic E-state index is 11.7. The first-order valence-corrected chi connectivity index (χ1v) is 6.38. The Bertz CT molecular complexity index is 310. The van der Waals surface area contributed by atoms with Crippen LogP contribution in [0.15, 0.2) is 0 Å². The van der Waals surface area contributed by atoms with Gasteiger partial charge in [-0.15, -0.1) is 0 Å². The molecule has 1 aliphatic rings. The first-order chi connectivity index (χ1) is 9.06. The van der Waals surface area contributed by atoms with Gasteiger partial charge in [0.1, 0.15) is 6.04 Å². The number of hydrogen-bond acceptors (Lipinski definition) is 4. The number of rotatable bonds is 7. The van der Waals surface area contributed by atoms with Crippen molar-refractivity contribution in [3.8, 4) is 0 Å². The molecule has 19 heavy (non-hydrogen) atoms. The van der Waals surface area contributed by atoms with Crippen LogP contribution in [0, 0.1) is 0 Å². The van der Waals surface area contributed by atoms with E-state index in [0.717, 1.165) is 19.3 Å². The number of urea groups is 1. The molecule has 0 radical (unpaired) electrons. The third-order valence-electron chi connectivity index (χ3n) is 3.27. The Balaban J connectivity index is 2.34. The molecule has 1 saturated carbocycles. The number of methoxy groups -OCH3 is 2. The molecule has 3 N–H and O–H groups in total. The van der Waals surface area contributed by atoms with E-state index in [4.69, 9.17) is 14.6 Å². The van der Waals surface area contributed by atoms with Crippen molar-refractivity contribution in [3.05, 3.63) is 0 Å². The molecule has 0 saturated heterocycles. The predicted octanol–water partition coefficient (Wildman–Crippen LogP) is 0.343. The summed E-state index contributed by atoms with van der Waals surface area (Å²) in [6.45, 7) is 0.284. The number of amides is 2. The summed E-state index contributed by atoms with van der Waals surface area (Å²) in [5.74, 6) is -1.06. The normalized spacial score (nSPS) is 23.9. The topological polar surface area (TPSA) is 96.9 Å². The monoisotopic (exact) mass is 274 g/mol. The van der Waals surface area contributed by atoms with Gasteiger partial charge >= 0.3 is 12.0 Å². The molecule has 0 bridgehead atoms. The average Bonchev–Trinajstić information content (AvgIpc) is 2.81. The molecular weight excluding hydrogens is 252 g/mol. The minimum atomic E-state index is -1.06. The molecule has 0 spiro atoms. The highest BCUT2D eigenvalue weighted by molar-refractivity contribution is 5.82. The van der Waals surface area contributed by atoms with E-state index < -0.39 is 18.0 Å². The Morgan fingerprint density at radius 3 is 2.63 bits per heavy atom. The van der Waals surface area contributed by atoms with E-state index in [1.54, 1.807) is 7.11 Å². The van der Waals surface area contributed by atoms with Crippen molar-refractivity contribution < 1.29 is 24.2 Å². The summed E-state index contributed by atoms with van der Waals surface area (Å²) in [6, 6.07) is -1.34. The van der Waals surface area contributed by atoms with Crippen LogP contribution in [-0.2, 0) is 14.3 Å². The van der Waals surface area contributed by atoms with Crippen LogP contribution >= 0.6 is 0 Å². The number of hydrogen-bond donors (Lipinski definition) is 3. The smallest absolute Gasteiger partial charge is 0.326 e. The lowest BCUT2D eigenvalue weighted by atomic mass is 10.2. The molecule has 0 aromatic heterocycles. The fourth-order valence-electron chi connectivity index (χ4n) is 2.16. The van der Waals surface area contributed by atoms with Crippen molar-refractivity contribution in [3.63, 3.8) is 0 Å². The molecule has 0 aliphatic heterocycles. The van der Waals surface area contributed by atoms with E-state index in [2.05, 4.69) is 10.6 Å². The minimum Gasteiger partial charge on any atom is -0.480 e. The Morgan fingerprint density at radius 2 is 2.11 bits per heavy atom. The Labute approximate surface area is 112 Å². The molecule has 3 unspecified atom stereocenters. The fraction of sp³-hybridized carbons (Fsp3) is 0.833. The highest BCUT2D eigenvalue weighted by atomic mass is 16.5. The predicted molar refractivity (Wildman–Crippen MR) is 68.0 cm³/mol. The summed E-state index contributed by atoms with van der Waals surface area (Å²) in [7, 11) is 3.14. The zero-order chi connectivity index (χ0) is 14.3. The van der Waals surface area contributed by atoms with E-state index in [1.807, 2.05) is 0 Å². The molecule has 7 nitrogen and oxygen atoms in total. The number of carboxylic acid groups (broad SMARTS) is 1. The fourth-order valence-corrected chi connectivity index (χ4v) is 2.16. The van der Waals surface area contributed by atoms with Gasteiger partial charge in [0.25, 0.3) is 0 Å². The second-order valence-electron chi connectivity index (χ2n) is 4.66. The number of nitrogens with one attached hydrogen (secondary N) is 2. The molecule has 1 fully saturated rings. The Morgan fingerprint density at radius 1 is 1.37 bits per heavy atom. The van der Waals surface area contributed by atoms with Crippen molar-refractivity contribution in [2.24, 2.45) is 0 Å². The van der Waals surface area contributed by atoms with E-state index in [9.17, 15) is 9.59 Å². The van der Waals surface area contributed by atoms with Crippen molar-refractivity contribution in [2.45, 2.75) is 43.9 Å². The number of carbonyl (C=O) groups excluding carboxylic acids is 1. The van der Waals surface area contributed by atoms with Crippen LogP contribution in [0.5, 0.6) is 0 Å². The van der Waals surface area contributed by atoms with Crippen molar-refractivity contribution in [2.75, 3.05) is 20.8 Å². The van der Waals surface area contributed by atoms with E-state index in [-0.39, 0.29) is 25.2 Å². The molecule has 3 atom stereocenters. The van der Waals surface area contributed by atoms with Crippen molar-refractivity contribution in [1.29, 1.82) is 0 Å². The quantitative estimate of drug-likeness (QED) is 0.622. The van der Waals surface area contributed by atoms with Crippen LogP contribution in [0.25, 0.3) is 0 Å². The van der Waals surface area contributed by atoms with Crippen molar-refractivity contribution >= 4 is 12.0 Å². The zero-order valence-corrected chi connectivity index (χ0v) is 11.3. The lowest BCUT2D eigenvalue weighted by molar-refractivity contribution is -0.139. The van der Waals surface area contributed by atoms with Gasteiger partial charge in [0, 0.05) is 33.3 Å². The largest absolute Gasteiger partial charge is 0.480 e. The lowest BCUT2D eigenvalue weighted by Gasteiger charge is -2.17. The molecule has 0 heterocycles. The molecule has 1 rings (SSSR count). The molecule has 7 heteroatoms. The Kier molecular flexibility index (Phi) is 6.58. The van der Waals surface area contributed by atoms with Crippen LogP contribution in [0.1, 0.15) is 25.7 Å². The average molecular weight is 274 g/mol. The van der Waals surface area contributed by atoms with Crippen molar-refractivity contribution in [1.82, 2.24) is 10.6 Å². The second kappa shape index (κ2) is 7.96. The second-order valence-corrected chi connectivity index (χ2v) is 4.66. The summed E-state index contributed by atoms with van der Waals surface area (Å²) >= 11 is 0. The van der Waals surface area contributed by atoms with Crippen LogP contribution in [-0.4, -0.2) is 56.1 Å². The Hall–Kier alpha value is -1.34. The molecule has 2 amide bonds. The van der Waals surface area contributed by atoms with E-state index in [1.165, 1.54) is 7.11 Å². The standard InChI is InChI=1S/C12H22N2O5/c1-18-6-5-10(11(15)16)14-12(17)13-8-3-4-9(7-8)19-2/h8-10H,3-7H2,1-2H3,(H,15,16)(H2,13,14,17). The molecular formula is C12H22N2O5. The third-order valence-corrected chi connectivity index (χ3v) is 3.27. The van der Waals surface area contributed by atoms with Crippen LogP contribution in [0.4, 0.5) is 4.79 Å². The van der Waals surface area contributed by atoms with Gasteiger partial charge in [-0.3, -0.25) is 0 Å². The van der Waals surface area contributed by atoms with Gasteiger partial charge in [-0.05, 0) is 19.3 Å². The maximum absolute atomic E-state index is 11.7. The van der Waals surface area contributed by atoms with Crippen LogP contribution < -0.4 is 10.6 Å².